The van der Waals surface area contributed by atoms with Crippen LogP contribution in [0, 0.1) is 0 Å². The summed E-state index contributed by atoms with van der Waals surface area (Å²) >= 11 is 3.52. The first-order valence-electron chi connectivity index (χ1n) is 13.7. The number of hydrogen-bond donors (Lipinski definition) is 2. The maximum atomic E-state index is 9.26. The van der Waals surface area contributed by atoms with E-state index >= 15 is 0 Å². The van der Waals surface area contributed by atoms with Crippen LogP contribution in [0.25, 0.3) is 43.8 Å². The van der Waals surface area contributed by atoms with Crippen LogP contribution in [0.15, 0.2) is 138 Å². The van der Waals surface area contributed by atoms with E-state index in [1.807, 2.05) is 42.5 Å². The van der Waals surface area contributed by atoms with E-state index in [1.54, 1.807) is 6.07 Å². The fourth-order valence-electron chi connectivity index (χ4n) is 4.48. The first-order chi connectivity index (χ1) is 19.5. The van der Waals surface area contributed by atoms with Gasteiger partial charge in [-0.05, 0) is 61.4 Å². The van der Waals surface area contributed by atoms with Crippen molar-refractivity contribution in [2.45, 2.75) is 26.7 Å². The SMILES string of the molecule is Brc1cccc(-c2cccc3ccccc23)c1.CCCC.OB(O)c1cccc(-c2cccc3ccccc23)c1.[H-].[Li+]. The largest absolute Gasteiger partial charge is 1.00 e. The van der Waals surface area contributed by atoms with Crippen LogP contribution in [0.5, 0.6) is 0 Å². The number of halogens is 1. The molecule has 0 radical (unpaired) electrons. The van der Waals surface area contributed by atoms with E-state index in [1.165, 1.54) is 40.1 Å². The predicted molar refractivity (Wildman–Crippen MR) is 178 cm³/mol. The van der Waals surface area contributed by atoms with Crippen LogP contribution in [0.3, 0.4) is 0 Å². The Labute approximate surface area is 266 Å². The molecule has 0 aromatic heterocycles. The van der Waals surface area contributed by atoms with Crippen molar-refractivity contribution < 1.29 is 30.3 Å². The van der Waals surface area contributed by atoms with E-state index in [-0.39, 0.29) is 20.3 Å². The fourth-order valence-corrected chi connectivity index (χ4v) is 4.88. The number of hydrogen-bond acceptors (Lipinski definition) is 2. The first-order valence-corrected chi connectivity index (χ1v) is 14.5. The van der Waals surface area contributed by atoms with Gasteiger partial charge in [0.1, 0.15) is 0 Å². The molecular formula is C36H35BBrLiO2. The van der Waals surface area contributed by atoms with E-state index in [0.29, 0.717) is 5.46 Å². The molecule has 0 unspecified atom stereocenters. The van der Waals surface area contributed by atoms with Crippen LogP contribution >= 0.6 is 15.9 Å². The Morgan fingerprint density at radius 3 is 1.49 bits per heavy atom. The molecule has 2 N–H and O–H groups in total. The molecule has 41 heavy (non-hydrogen) atoms. The fraction of sp³-hybridized carbons (Fsp3) is 0.111. The minimum absolute atomic E-state index is 0. The standard InChI is InChI=1S/C16H13BO2.C16H11Br.C4H10.Li.H/c18-17(19)14-8-3-7-13(11-14)16-10-4-6-12-5-1-2-9-15(12)16;17-14-8-3-7-13(11-14)16-10-4-6-12-5-1-2-9-15(12)16;1-3-4-2;;/h1-11,18-19H;1-11H;3-4H2,1-2H3;;/q;;;+1;-1. The summed E-state index contributed by atoms with van der Waals surface area (Å²) in [5, 5.41) is 23.4. The Morgan fingerprint density at radius 2 is 1.00 bits per heavy atom. The van der Waals surface area contributed by atoms with Crippen LogP contribution < -0.4 is 24.3 Å². The van der Waals surface area contributed by atoms with Crippen LogP contribution in [-0.4, -0.2) is 17.2 Å². The molecule has 6 aromatic carbocycles. The summed E-state index contributed by atoms with van der Waals surface area (Å²) < 4.78 is 1.11. The molecule has 0 saturated carbocycles. The monoisotopic (exact) mass is 596 g/mol. The van der Waals surface area contributed by atoms with E-state index in [0.717, 1.165) is 21.0 Å². The molecule has 202 valence electrons. The smallest absolute Gasteiger partial charge is 1.00 e. The first kappa shape index (κ1) is 32.4. The quantitative estimate of drug-likeness (QED) is 0.232. The second-order valence-electron chi connectivity index (χ2n) is 9.56. The Kier molecular flexibility index (Phi) is 12.9. The molecular weight excluding hydrogens is 562 g/mol. The summed E-state index contributed by atoms with van der Waals surface area (Å²) in [6.07, 6.45) is 2.64. The van der Waals surface area contributed by atoms with Crippen LogP contribution in [0.4, 0.5) is 0 Å². The summed E-state index contributed by atoms with van der Waals surface area (Å²) in [6, 6.07) is 45.0. The maximum Gasteiger partial charge on any atom is 1.00 e. The van der Waals surface area contributed by atoms with Crippen molar-refractivity contribution >= 4 is 50.1 Å². The van der Waals surface area contributed by atoms with E-state index in [4.69, 9.17) is 0 Å². The minimum atomic E-state index is -1.44. The zero-order valence-electron chi connectivity index (χ0n) is 25.0. The molecule has 5 heteroatoms. The van der Waals surface area contributed by atoms with Gasteiger partial charge in [0.25, 0.3) is 0 Å². The van der Waals surface area contributed by atoms with E-state index < -0.39 is 7.12 Å². The normalized spacial score (nSPS) is 10.1. The van der Waals surface area contributed by atoms with Gasteiger partial charge in [-0.15, -0.1) is 0 Å². The average Bonchev–Trinajstić information content (AvgIpc) is 3.01. The molecule has 0 amide bonds. The zero-order valence-corrected chi connectivity index (χ0v) is 25.6. The summed E-state index contributed by atoms with van der Waals surface area (Å²) in [6.45, 7) is 4.36. The molecule has 6 aromatic rings. The Morgan fingerprint density at radius 1 is 0.561 bits per heavy atom. The Hall–Kier alpha value is -3.10. The second kappa shape index (κ2) is 16.4. The van der Waals surface area contributed by atoms with E-state index in [9.17, 15) is 10.0 Å². The molecule has 2 nitrogen and oxygen atoms in total. The number of unbranched alkanes of at least 4 members (excludes halogenated alkanes) is 1. The van der Waals surface area contributed by atoms with Crippen molar-refractivity contribution in [3.05, 3.63) is 138 Å². The van der Waals surface area contributed by atoms with Crippen molar-refractivity contribution in [2.75, 3.05) is 0 Å². The molecule has 0 bridgehead atoms. The minimum Gasteiger partial charge on any atom is -1.00 e. The molecule has 6 rings (SSSR count). The summed E-state index contributed by atoms with van der Waals surface area (Å²) in [7, 11) is -1.44. The van der Waals surface area contributed by atoms with Gasteiger partial charge in [0, 0.05) is 4.47 Å². The van der Waals surface area contributed by atoms with Gasteiger partial charge in [-0.1, -0.05) is 164 Å². The predicted octanol–water partition coefficient (Wildman–Crippen LogP) is 6.38. The molecule has 0 spiro atoms. The van der Waals surface area contributed by atoms with Gasteiger partial charge in [0.2, 0.25) is 0 Å². The molecule has 0 atom stereocenters. The number of fused-ring (bicyclic) bond motifs is 2. The van der Waals surface area contributed by atoms with Gasteiger partial charge in [-0.2, -0.15) is 0 Å². The van der Waals surface area contributed by atoms with E-state index in [2.05, 4.69) is 115 Å². The topological polar surface area (TPSA) is 40.5 Å². The van der Waals surface area contributed by atoms with Crippen molar-refractivity contribution in [1.29, 1.82) is 0 Å². The van der Waals surface area contributed by atoms with Crippen LogP contribution in [0.1, 0.15) is 28.1 Å². The summed E-state index contributed by atoms with van der Waals surface area (Å²) in [5.41, 5.74) is 5.12. The Balaban J connectivity index is 0.000000251. The number of rotatable bonds is 4. The third-order valence-corrected chi connectivity index (χ3v) is 7.20. The van der Waals surface area contributed by atoms with Gasteiger partial charge in [-0.3, -0.25) is 0 Å². The molecule has 0 heterocycles. The average molecular weight is 597 g/mol. The third-order valence-electron chi connectivity index (χ3n) is 6.71. The Bertz CT molecular complexity index is 1680. The molecule has 0 fully saturated rings. The second-order valence-corrected chi connectivity index (χ2v) is 10.5. The maximum absolute atomic E-state index is 9.26. The molecule has 0 aliphatic rings. The van der Waals surface area contributed by atoms with Crippen molar-refractivity contribution in [1.82, 2.24) is 0 Å². The van der Waals surface area contributed by atoms with Gasteiger partial charge >= 0.3 is 26.0 Å². The van der Waals surface area contributed by atoms with Gasteiger partial charge in [0.05, 0.1) is 0 Å². The van der Waals surface area contributed by atoms with Crippen LogP contribution in [0.2, 0.25) is 0 Å². The summed E-state index contributed by atoms with van der Waals surface area (Å²) in [5.74, 6) is 0. The summed E-state index contributed by atoms with van der Waals surface area (Å²) in [4.78, 5) is 0. The van der Waals surface area contributed by atoms with Crippen LogP contribution in [-0.2, 0) is 0 Å². The van der Waals surface area contributed by atoms with Crippen molar-refractivity contribution in [3.8, 4) is 22.3 Å². The molecule has 0 aliphatic carbocycles. The van der Waals surface area contributed by atoms with Crippen molar-refractivity contribution in [2.24, 2.45) is 0 Å². The zero-order chi connectivity index (χ0) is 28.3. The molecule has 0 aliphatic heterocycles. The van der Waals surface area contributed by atoms with Gasteiger partial charge in [0.15, 0.2) is 0 Å². The molecule has 0 saturated heterocycles. The van der Waals surface area contributed by atoms with Crippen molar-refractivity contribution in [3.63, 3.8) is 0 Å². The number of benzene rings is 6. The third kappa shape index (κ3) is 8.70. The van der Waals surface area contributed by atoms with Gasteiger partial charge in [-0.25, -0.2) is 0 Å². The van der Waals surface area contributed by atoms with Gasteiger partial charge < -0.3 is 11.5 Å².